The quantitative estimate of drug-likeness (QED) is 0.154. The molecule has 0 atom stereocenters. The Hall–Kier alpha value is -5.46. The Morgan fingerprint density at radius 1 is 0.404 bits per heavy atom. The Balaban J connectivity index is 1.14. The second-order valence-electron chi connectivity index (χ2n) is 11.3. The first-order chi connectivity index (χ1) is 23.2. The minimum absolute atomic E-state index is 0.635. The maximum atomic E-state index is 6.09. The predicted molar refractivity (Wildman–Crippen MR) is 203 cm³/mol. The molecule has 0 unspecified atom stereocenters. The van der Waals surface area contributed by atoms with Crippen molar-refractivity contribution in [2.24, 2.45) is 0 Å². The first-order valence-corrected chi connectivity index (χ1v) is 16.7. The van der Waals surface area contributed by atoms with Gasteiger partial charge >= 0.3 is 0 Å². The number of nitrogens with zero attached hydrogens (tertiary/aromatic N) is 2. The number of fused-ring (bicyclic) bond motifs is 1. The molecule has 47 heavy (non-hydrogen) atoms. The fourth-order valence-corrected chi connectivity index (χ4v) is 6.76. The van der Waals surface area contributed by atoms with Crippen molar-refractivity contribution in [2.45, 2.75) is 0 Å². The summed E-state index contributed by atoms with van der Waals surface area (Å²) in [4.78, 5) is 7.06. The minimum Gasteiger partial charge on any atom is -0.436 e. The maximum absolute atomic E-state index is 6.09. The number of benzene rings is 7. The van der Waals surface area contributed by atoms with E-state index < -0.39 is 0 Å². The van der Waals surface area contributed by atoms with Crippen molar-refractivity contribution >= 4 is 50.8 Å². The van der Waals surface area contributed by atoms with Crippen LogP contribution < -0.4 is 4.90 Å². The smallest absolute Gasteiger partial charge is 0.227 e. The van der Waals surface area contributed by atoms with Crippen molar-refractivity contribution in [1.29, 1.82) is 0 Å². The molecule has 1 aromatic heterocycles. The van der Waals surface area contributed by atoms with Gasteiger partial charge in [0.05, 0.1) is 0 Å². The largest absolute Gasteiger partial charge is 0.436 e. The first-order valence-electron chi connectivity index (χ1n) is 15.6. The highest BCUT2D eigenvalue weighted by Crippen LogP contribution is 2.40. The van der Waals surface area contributed by atoms with Crippen molar-refractivity contribution in [3.63, 3.8) is 0 Å². The number of rotatable bonds is 7. The van der Waals surface area contributed by atoms with Gasteiger partial charge in [-0.3, -0.25) is 0 Å². The molecule has 0 N–H and O–H groups in total. The third-order valence-electron chi connectivity index (χ3n) is 8.42. The van der Waals surface area contributed by atoms with E-state index in [4.69, 9.17) is 9.40 Å². The number of halogens is 1. The number of hydrogen-bond donors (Lipinski definition) is 0. The zero-order valence-corrected chi connectivity index (χ0v) is 27.6. The zero-order valence-electron chi connectivity index (χ0n) is 25.4. The molecule has 0 aliphatic carbocycles. The Bertz CT molecular complexity index is 2250. The molecule has 0 aliphatic heterocycles. The molecule has 0 saturated carbocycles. The van der Waals surface area contributed by atoms with Crippen LogP contribution in [0.4, 0.5) is 17.1 Å². The highest BCUT2D eigenvalue weighted by molar-refractivity contribution is 14.1. The first kappa shape index (κ1) is 29.0. The molecule has 0 radical (unpaired) electrons. The van der Waals surface area contributed by atoms with E-state index in [2.05, 4.69) is 185 Å². The van der Waals surface area contributed by atoms with Crippen LogP contribution in [0.3, 0.4) is 0 Å². The summed E-state index contributed by atoms with van der Waals surface area (Å²) in [6, 6.07) is 61.7. The van der Waals surface area contributed by atoms with Crippen LogP contribution in [0.5, 0.6) is 0 Å². The van der Waals surface area contributed by atoms with Gasteiger partial charge in [-0.25, -0.2) is 4.98 Å². The average molecular weight is 717 g/mol. The van der Waals surface area contributed by atoms with Gasteiger partial charge in [0.15, 0.2) is 5.58 Å². The van der Waals surface area contributed by atoms with Gasteiger partial charge in [0, 0.05) is 26.2 Å². The molecule has 0 fully saturated rings. The topological polar surface area (TPSA) is 29.3 Å². The van der Waals surface area contributed by atoms with Gasteiger partial charge in [-0.05, 0) is 117 Å². The number of anilines is 3. The van der Waals surface area contributed by atoms with E-state index >= 15 is 0 Å². The van der Waals surface area contributed by atoms with E-state index in [1.807, 2.05) is 18.2 Å². The third kappa shape index (κ3) is 5.73. The summed E-state index contributed by atoms with van der Waals surface area (Å²) in [5, 5.41) is 0. The standard InChI is InChI=1S/C43H29IN2O/c44-40-20-11-21-41-42(40)45-43(47-41)32-24-22-30(23-25-32)36-16-7-9-18-38(36)39-19-10-8-17-37(39)31-26-28-35(29-27-31)46(33-12-3-1-4-13-33)34-14-5-2-6-15-34/h1-29H. The van der Waals surface area contributed by atoms with Crippen LogP contribution in [0.15, 0.2) is 180 Å². The monoisotopic (exact) mass is 716 g/mol. The Morgan fingerprint density at radius 3 is 1.38 bits per heavy atom. The summed E-state index contributed by atoms with van der Waals surface area (Å²) >= 11 is 2.30. The summed E-state index contributed by atoms with van der Waals surface area (Å²) < 4.78 is 7.17. The van der Waals surface area contributed by atoms with Crippen molar-refractivity contribution in [2.75, 3.05) is 4.90 Å². The molecule has 0 aliphatic rings. The summed E-state index contributed by atoms with van der Waals surface area (Å²) in [5.74, 6) is 0.635. The van der Waals surface area contributed by atoms with E-state index in [9.17, 15) is 0 Å². The van der Waals surface area contributed by atoms with Crippen LogP contribution in [0, 0.1) is 3.57 Å². The van der Waals surface area contributed by atoms with E-state index in [-0.39, 0.29) is 0 Å². The molecule has 224 valence electrons. The van der Waals surface area contributed by atoms with Crippen molar-refractivity contribution in [1.82, 2.24) is 4.98 Å². The summed E-state index contributed by atoms with van der Waals surface area (Å²) in [6.07, 6.45) is 0. The molecule has 0 spiro atoms. The highest BCUT2D eigenvalue weighted by Gasteiger charge is 2.16. The minimum atomic E-state index is 0.635. The van der Waals surface area contributed by atoms with E-state index in [0.29, 0.717) is 5.89 Å². The lowest BCUT2D eigenvalue weighted by molar-refractivity contribution is 0.620. The lowest BCUT2D eigenvalue weighted by atomic mass is 9.89. The molecule has 8 aromatic rings. The van der Waals surface area contributed by atoms with Gasteiger partial charge in [-0.2, -0.15) is 0 Å². The molecular weight excluding hydrogens is 687 g/mol. The predicted octanol–water partition coefficient (Wildman–Crippen LogP) is 12.6. The summed E-state index contributed by atoms with van der Waals surface area (Å²) in [5.41, 5.74) is 13.1. The van der Waals surface area contributed by atoms with E-state index in [1.165, 1.54) is 27.8 Å². The Labute approximate surface area is 287 Å². The zero-order chi connectivity index (χ0) is 31.6. The lowest BCUT2D eigenvalue weighted by Gasteiger charge is -2.25. The van der Waals surface area contributed by atoms with Crippen molar-refractivity contribution in [3.8, 4) is 44.8 Å². The SMILES string of the molecule is Ic1cccc2oc(-c3ccc(-c4ccccc4-c4ccccc4-c4ccc(N(c5ccccc5)c5ccccc5)cc4)cc3)nc12. The van der Waals surface area contributed by atoms with Crippen molar-refractivity contribution < 1.29 is 4.42 Å². The fourth-order valence-electron chi connectivity index (χ4n) is 6.16. The van der Waals surface area contributed by atoms with Crippen LogP contribution in [-0.2, 0) is 0 Å². The Morgan fingerprint density at radius 2 is 0.851 bits per heavy atom. The van der Waals surface area contributed by atoms with Crippen LogP contribution in [0.25, 0.3) is 55.9 Å². The molecule has 7 aromatic carbocycles. The van der Waals surface area contributed by atoms with Crippen LogP contribution >= 0.6 is 22.6 Å². The molecular formula is C43H29IN2O. The number of aromatic nitrogens is 1. The fraction of sp³-hybridized carbons (Fsp3) is 0. The lowest BCUT2D eigenvalue weighted by Crippen LogP contribution is -2.09. The maximum Gasteiger partial charge on any atom is 0.227 e. The van der Waals surface area contributed by atoms with Crippen LogP contribution in [0.1, 0.15) is 0 Å². The molecule has 8 rings (SSSR count). The average Bonchev–Trinajstić information content (AvgIpc) is 3.59. The van der Waals surface area contributed by atoms with Gasteiger partial charge < -0.3 is 9.32 Å². The molecule has 3 nitrogen and oxygen atoms in total. The molecule has 1 heterocycles. The van der Waals surface area contributed by atoms with Gasteiger partial charge in [0.1, 0.15) is 5.52 Å². The number of oxazole rings is 1. The third-order valence-corrected chi connectivity index (χ3v) is 9.29. The van der Waals surface area contributed by atoms with Gasteiger partial charge in [-0.15, -0.1) is 0 Å². The van der Waals surface area contributed by atoms with Gasteiger partial charge in [-0.1, -0.05) is 115 Å². The normalized spacial score (nSPS) is 11.1. The molecule has 0 saturated heterocycles. The summed E-state index contributed by atoms with van der Waals surface area (Å²) in [6.45, 7) is 0. The molecule has 0 bridgehead atoms. The Kier molecular flexibility index (Phi) is 7.85. The molecule has 4 heteroatoms. The highest BCUT2D eigenvalue weighted by atomic mass is 127. The van der Waals surface area contributed by atoms with Gasteiger partial charge in [0.25, 0.3) is 0 Å². The van der Waals surface area contributed by atoms with Crippen molar-refractivity contribution in [3.05, 3.63) is 179 Å². The second-order valence-corrected chi connectivity index (χ2v) is 12.5. The van der Waals surface area contributed by atoms with E-state index in [1.54, 1.807) is 0 Å². The molecule has 0 amide bonds. The van der Waals surface area contributed by atoms with E-state index in [0.717, 1.165) is 42.9 Å². The summed E-state index contributed by atoms with van der Waals surface area (Å²) in [7, 11) is 0. The second kappa shape index (κ2) is 12.7. The number of para-hydroxylation sites is 3. The number of hydrogen-bond acceptors (Lipinski definition) is 3. The van der Waals surface area contributed by atoms with Crippen LogP contribution in [0.2, 0.25) is 0 Å². The van der Waals surface area contributed by atoms with Gasteiger partial charge in [0.2, 0.25) is 5.89 Å². The van der Waals surface area contributed by atoms with Crippen LogP contribution in [-0.4, -0.2) is 4.98 Å².